The topological polar surface area (TPSA) is 40.6 Å². The van der Waals surface area contributed by atoms with E-state index in [9.17, 15) is 8.42 Å². The lowest BCUT2D eigenvalue weighted by molar-refractivity contribution is 0.148. The van der Waals surface area contributed by atoms with Crippen LogP contribution < -0.4 is 0 Å². The van der Waals surface area contributed by atoms with Crippen molar-refractivity contribution in [2.24, 2.45) is 0 Å². The molecule has 128 valence electrons. The third kappa shape index (κ3) is 3.49. The van der Waals surface area contributed by atoms with Crippen LogP contribution in [0.1, 0.15) is 17.2 Å². The second kappa shape index (κ2) is 6.84. The number of likely N-dealkylation sites (N-methyl/N-ethyl adjacent to an activating group) is 1. The maximum atomic E-state index is 12.9. The van der Waals surface area contributed by atoms with E-state index in [0.717, 1.165) is 5.56 Å². The molecule has 24 heavy (non-hydrogen) atoms. The van der Waals surface area contributed by atoms with Gasteiger partial charge in [0.1, 0.15) is 0 Å². The van der Waals surface area contributed by atoms with E-state index in [4.69, 9.17) is 11.6 Å². The van der Waals surface area contributed by atoms with Crippen LogP contribution in [0.2, 0.25) is 5.02 Å². The zero-order chi connectivity index (χ0) is 17.3. The molecule has 1 fully saturated rings. The summed E-state index contributed by atoms with van der Waals surface area (Å²) < 4.78 is 27.4. The highest BCUT2D eigenvalue weighted by atomic mass is 35.5. The van der Waals surface area contributed by atoms with E-state index in [-0.39, 0.29) is 10.9 Å². The summed E-state index contributed by atoms with van der Waals surface area (Å²) in [4.78, 5) is 2.46. The Morgan fingerprint density at radius 2 is 1.79 bits per heavy atom. The molecule has 0 aliphatic carbocycles. The van der Waals surface area contributed by atoms with E-state index in [1.54, 1.807) is 22.5 Å². The highest BCUT2D eigenvalue weighted by molar-refractivity contribution is 7.89. The van der Waals surface area contributed by atoms with Gasteiger partial charge in [0, 0.05) is 30.7 Å². The van der Waals surface area contributed by atoms with Gasteiger partial charge < -0.3 is 0 Å². The lowest BCUT2D eigenvalue weighted by Gasteiger charge is -2.39. The molecule has 0 N–H and O–H groups in total. The summed E-state index contributed by atoms with van der Waals surface area (Å²) in [6, 6.07) is 14.8. The third-order valence-electron chi connectivity index (χ3n) is 4.51. The number of benzene rings is 2. The first kappa shape index (κ1) is 17.4. The molecule has 6 heteroatoms. The maximum absolute atomic E-state index is 12.9. The summed E-state index contributed by atoms with van der Waals surface area (Å²) in [5, 5.41) is 0.431. The Morgan fingerprint density at radius 1 is 1.08 bits per heavy atom. The van der Waals surface area contributed by atoms with Gasteiger partial charge in [-0.05, 0) is 37.7 Å². The fourth-order valence-electron chi connectivity index (χ4n) is 2.99. The van der Waals surface area contributed by atoms with Gasteiger partial charge in [-0.2, -0.15) is 4.31 Å². The molecule has 0 saturated carbocycles. The van der Waals surface area contributed by atoms with Crippen LogP contribution in [0, 0.1) is 6.92 Å². The molecule has 0 amide bonds. The summed E-state index contributed by atoms with van der Waals surface area (Å²) in [6.07, 6.45) is 0. The van der Waals surface area contributed by atoms with Gasteiger partial charge in [-0.15, -0.1) is 0 Å². The first-order valence-electron chi connectivity index (χ1n) is 7.90. The van der Waals surface area contributed by atoms with Crippen LogP contribution in [0.25, 0.3) is 0 Å². The van der Waals surface area contributed by atoms with Gasteiger partial charge in [0.25, 0.3) is 0 Å². The number of hydrogen-bond donors (Lipinski definition) is 0. The molecule has 4 nitrogen and oxygen atoms in total. The Labute approximate surface area is 148 Å². The zero-order valence-electron chi connectivity index (χ0n) is 13.8. The van der Waals surface area contributed by atoms with Crippen molar-refractivity contribution in [1.82, 2.24) is 9.21 Å². The molecule has 1 saturated heterocycles. The Kier molecular flexibility index (Phi) is 4.97. The second-order valence-corrected chi connectivity index (χ2v) is 8.60. The molecular formula is C18H21ClN2O2S. The molecule has 1 aliphatic rings. The fourth-order valence-corrected chi connectivity index (χ4v) is 4.73. The predicted octanol–water partition coefficient (Wildman–Crippen LogP) is 3.33. The number of halogens is 1. The fraction of sp³-hybridized carbons (Fsp3) is 0.333. The summed E-state index contributed by atoms with van der Waals surface area (Å²) in [5.41, 5.74) is 2.33. The van der Waals surface area contributed by atoms with E-state index in [0.29, 0.717) is 24.7 Å². The third-order valence-corrected chi connectivity index (χ3v) is 6.60. The normalized spacial score (nSPS) is 20.2. The Morgan fingerprint density at radius 3 is 2.46 bits per heavy atom. The number of aryl methyl sites for hydroxylation is 1. The number of nitrogens with zero attached hydrogens (tertiary/aromatic N) is 2. The number of hydrogen-bond acceptors (Lipinski definition) is 3. The standard InChI is InChI=1S/C18H21ClN2O2S/c1-14-6-8-15(9-7-14)18-13-21(11-10-20(18)2)24(22,23)17-5-3-4-16(19)12-17/h3-9,12,18H,10-11,13H2,1-2H3/t18-/m1/s1. The van der Waals surface area contributed by atoms with Crippen LogP contribution in [0.3, 0.4) is 0 Å². The van der Waals surface area contributed by atoms with Crippen LogP contribution in [0.5, 0.6) is 0 Å². The van der Waals surface area contributed by atoms with Crippen molar-refractivity contribution in [1.29, 1.82) is 0 Å². The molecule has 0 aromatic heterocycles. The zero-order valence-corrected chi connectivity index (χ0v) is 15.4. The number of piperazine rings is 1. The molecule has 1 atom stereocenters. The van der Waals surface area contributed by atoms with Gasteiger partial charge in [0.05, 0.1) is 4.90 Å². The molecule has 1 heterocycles. The van der Waals surface area contributed by atoms with Crippen molar-refractivity contribution >= 4 is 21.6 Å². The SMILES string of the molecule is Cc1ccc([C@H]2CN(S(=O)(=O)c3cccc(Cl)c3)CCN2C)cc1. The average Bonchev–Trinajstić information content (AvgIpc) is 2.56. The first-order chi connectivity index (χ1) is 11.4. The predicted molar refractivity (Wildman–Crippen MR) is 96.8 cm³/mol. The van der Waals surface area contributed by atoms with E-state index >= 15 is 0 Å². The van der Waals surface area contributed by atoms with Crippen molar-refractivity contribution in [2.75, 3.05) is 26.7 Å². The van der Waals surface area contributed by atoms with Crippen molar-refractivity contribution in [3.05, 3.63) is 64.7 Å². The second-order valence-electron chi connectivity index (χ2n) is 6.23. The number of sulfonamides is 1. The van der Waals surface area contributed by atoms with Crippen molar-refractivity contribution < 1.29 is 8.42 Å². The molecule has 0 radical (unpaired) electrons. The average molecular weight is 365 g/mol. The summed E-state index contributed by atoms with van der Waals surface area (Å²) in [6.45, 7) is 3.66. The molecule has 0 bridgehead atoms. The van der Waals surface area contributed by atoms with Gasteiger partial charge >= 0.3 is 0 Å². The van der Waals surface area contributed by atoms with Crippen molar-refractivity contribution in [3.63, 3.8) is 0 Å². The van der Waals surface area contributed by atoms with Crippen molar-refractivity contribution in [3.8, 4) is 0 Å². The molecule has 0 unspecified atom stereocenters. The van der Waals surface area contributed by atoms with Crippen LogP contribution in [0.4, 0.5) is 0 Å². The molecule has 2 aromatic rings. The molecule has 1 aliphatic heterocycles. The molecular weight excluding hydrogens is 344 g/mol. The summed E-state index contributed by atoms with van der Waals surface area (Å²) in [7, 11) is -1.50. The highest BCUT2D eigenvalue weighted by Crippen LogP contribution is 2.28. The van der Waals surface area contributed by atoms with E-state index in [2.05, 4.69) is 29.2 Å². The van der Waals surface area contributed by atoms with Gasteiger partial charge in [0.2, 0.25) is 10.0 Å². The number of rotatable bonds is 3. The van der Waals surface area contributed by atoms with Crippen LogP contribution in [-0.4, -0.2) is 44.3 Å². The quantitative estimate of drug-likeness (QED) is 0.838. The van der Waals surface area contributed by atoms with Crippen molar-refractivity contribution in [2.45, 2.75) is 17.9 Å². The maximum Gasteiger partial charge on any atom is 0.243 e. The lowest BCUT2D eigenvalue weighted by Crippen LogP contribution is -2.48. The van der Waals surface area contributed by atoms with Crippen LogP contribution >= 0.6 is 11.6 Å². The largest absolute Gasteiger partial charge is 0.297 e. The van der Waals surface area contributed by atoms with Gasteiger partial charge in [-0.3, -0.25) is 4.90 Å². The van der Waals surface area contributed by atoms with Crippen LogP contribution in [-0.2, 0) is 10.0 Å². The molecule has 2 aromatic carbocycles. The minimum atomic E-state index is -3.53. The van der Waals surface area contributed by atoms with E-state index in [1.165, 1.54) is 11.6 Å². The van der Waals surface area contributed by atoms with Gasteiger partial charge in [0.15, 0.2) is 0 Å². The monoisotopic (exact) mass is 364 g/mol. The molecule has 0 spiro atoms. The highest BCUT2D eigenvalue weighted by Gasteiger charge is 2.33. The smallest absolute Gasteiger partial charge is 0.243 e. The van der Waals surface area contributed by atoms with Crippen LogP contribution in [0.15, 0.2) is 53.4 Å². The van der Waals surface area contributed by atoms with Gasteiger partial charge in [-0.1, -0.05) is 47.5 Å². The Hall–Kier alpha value is -1.40. The Bertz CT molecular complexity index is 821. The summed E-state index contributed by atoms with van der Waals surface area (Å²) in [5.74, 6) is 0. The van der Waals surface area contributed by atoms with E-state index < -0.39 is 10.0 Å². The Balaban J connectivity index is 1.88. The summed E-state index contributed by atoms with van der Waals surface area (Å²) >= 11 is 5.96. The minimum Gasteiger partial charge on any atom is -0.297 e. The first-order valence-corrected chi connectivity index (χ1v) is 9.72. The van der Waals surface area contributed by atoms with Gasteiger partial charge in [-0.25, -0.2) is 8.42 Å². The lowest BCUT2D eigenvalue weighted by atomic mass is 10.0. The molecule has 3 rings (SSSR count). The minimum absolute atomic E-state index is 0.0494. The van der Waals surface area contributed by atoms with E-state index in [1.807, 2.05) is 14.0 Å².